The molecule has 0 fully saturated rings. The monoisotopic (exact) mass is 311 g/mol. The van der Waals surface area contributed by atoms with E-state index in [0.29, 0.717) is 5.56 Å². The zero-order valence-electron chi connectivity index (χ0n) is 9.48. The highest BCUT2D eigenvalue weighted by Gasteiger charge is 2.16. The first-order valence-corrected chi connectivity index (χ1v) is 5.99. The summed E-state index contributed by atoms with van der Waals surface area (Å²) in [6.45, 7) is 1.96. The van der Waals surface area contributed by atoms with Crippen molar-refractivity contribution in [3.05, 3.63) is 28.5 Å². The fourth-order valence-electron chi connectivity index (χ4n) is 1.36. The summed E-state index contributed by atoms with van der Waals surface area (Å²) >= 11 is 3.29. The van der Waals surface area contributed by atoms with E-state index in [1.807, 2.05) is 0 Å². The molecule has 6 nitrogen and oxygen atoms in total. The summed E-state index contributed by atoms with van der Waals surface area (Å²) in [6, 6.07) is 4.87. The van der Waals surface area contributed by atoms with Crippen LogP contribution < -0.4 is 0 Å². The summed E-state index contributed by atoms with van der Waals surface area (Å²) in [5.74, 6) is -0.304. The number of aromatic hydroxyl groups is 1. The van der Waals surface area contributed by atoms with Crippen molar-refractivity contribution in [2.45, 2.75) is 6.92 Å². The predicted octanol–water partition coefficient (Wildman–Crippen LogP) is 2.12. The van der Waals surface area contributed by atoms with Crippen LogP contribution in [0.3, 0.4) is 0 Å². The number of nitrogens with zero attached hydrogens (tertiary/aromatic N) is 2. The summed E-state index contributed by atoms with van der Waals surface area (Å²) < 4.78 is 5.56. The second-order valence-electron chi connectivity index (χ2n) is 3.39. The van der Waals surface area contributed by atoms with Crippen LogP contribution in [-0.2, 0) is 4.74 Å². The number of phenols is 1. The molecule has 18 heavy (non-hydrogen) atoms. The van der Waals surface area contributed by atoms with Gasteiger partial charge in [-0.05, 0) is 25.1 Å². The van der Waals surface area contributed by atoms with Crippen molar-refractivity contribution >= 4 is 21.9 Å². The van der Waals surface area contributed by atoms with Gasteiger partial charge in [0.2, 0.25) is 5.82 Å². The molecule has 1 heterocycles. The van der Waals surface area contributed by atoms with Gasteiger partial charge in [-0.3, -0.25) is 5.10 Å². The van der Waals surface area contributed by atoms with Crippen LogP contribution in [0.2, 0.25) is 0 Å². The number of rotatable bonds is 3. The minimum atomic E-state index is -0.578. The fourth-order valence-corrected chi connectivity index (χ4v) is 1.72. The topological polar surface area (TPSA) is 88.1 Å². The Kier molecular flexibility index (Phi) is 3.61. The molecule has 0 unspecified atom stereocenters. The molecule has 1 aromatic heterocycles. The third kappa shape index (κ3) is 2.51. The Morgan fingerprint density at radius 1 is 1.56 bits per heavy atom. The van der Waals surface area contributed by atoms with E-state index in [9.17, 15) is 9.90 Å². The van der Waals surface area contributed by atoms with Gasteiger partial charge in [0.25, 0.3) is 0 Å². The largest absolute Gasteiger partial charge is 0.507 e. The van der Waals surface area contributed by atoms with Crippen molar-refractivity contribution < 1.29 is 14.6 Å². The lowest BCUT2D eigenvalue weighted by Crippen LogP contribution is -2.06. The first-order valence-electron chi connectivity index (χ1n) is 5.20. The molecule has 7 heteroatoms. The molecule has 0 aliphatic rings. The SMILES string of the molecule is CCOC(=O)c1nc(-c2cc(Br)ccc2O)n[nH]1. The van der Waals surface area contributed by atoms with Crippen molar-refractivity contribution in [3.63, 3.8) is 0 Å². The number of phenolic OH excluding ortho intramolecular Hbond substituents is 1. The van der Waals surface area contributed by atoms with Crippen LogP contribution in [0.4, 0.5) is 0 Å². The molecule has 0 atom stereocenters. The molecule has 0 radical (unpaired) electrons. The highest BCUT2D eigenvalue weighted by Crippen LogP contribution is 2.29. The first-order chi connectivity index (χ1) is 8.61. The Hall–Kier alpha value is -1.89. The Bertz CT molecular complexity index is 583. The lowest BCUT2D eigenvalue weighted by atomic mass is 10.2. The van der Waals surface area contributed by atoms with Gasteiger partial charge in [0, 0.05) is 4.47 Å². The number of halogens is 1. The molecule has 0 saturated carbocycles. The van der Waals surface area contributed by atoms with E-state index >= 15 is 0 Å². The smallest absolute Gasteiger partial charge is 0.375 e. The van der Waals surface area contributed by atoms with Gasteiger partial charge in [0.1, 0.15) is 5.75 Å². The second-order valence-corrected chi connectivity index (χ2v) is 4.31. The van der Waals surface area contributed by atoms with E-state index in [1.165, 1.54) is 6.07 Å². The molecule has 0 saturated heterocycles. The molecule has 0 spiro atoms. The van der Waals surface area contributed by atoms with Crippen molar-refractivity contribution in [1.82, 2.24) is 15.2 Å². The molecule has 0 aliphatic carbocycles. The quantitative estimate of drug-likeness (QED) is 0.848. The third-order valence-corrected chi connectivity index (χ3v) is 2.65. The van der Waals surface area contributed by atoms with Crippen molar-refractivity contribution in [1.29, 1.82) is 0 Å². The lowest BCUT2D eigenvalue weighted by Gasteiger charge is -2.00. The molecule has 2 rings (SSSR count). The maximum absolute atomic E-state index is 11.4. The van der Waals surface area contributed by atoms with Crippen LogP contribution in [0.5, 0.6) is 5.75 Å². The first kappa shape index (κ1) is 12.6. The van der Waals surface area contributed by atoms with Crippen molar-refractivity contribution in [2.24, 2.45) is 0 Å². The third-order valence-electron chi connectivity index (χ3n) is 2.15. The number of hydrogen-bond donors (Lipinski definition) is 2. The van der Waals surface area contributed by atoms with E-state index in [1.54, 1.807) is 19.1 Å². The minimum absolute atomic E-state index is 0.00576. The predicted molar refractivity (Wildman–Crippen MR) is 67.1 cm³/mol. The molecule has 1 aromatic carbocycles. The molecule has 0 amide bonds. The maximum Gasteiger partial charge on any atom is 0.375 e. The molecule has 0 bridgehead atoms. The second kappa shape index (κ2) is 5.18. The van der Waals surface area contributed by atoms with Crippen LogP contribution >= 0.6 is 15.9 Å². The number of H-pyrrole nitrogens is 1. The van der Waals surface area contributed by atoms with Gasteiger partial charge in [-0.2, -0.15) is 5.10 Å². The highest BCUT2D eigenvalue weighted by atomic mass is 79.9. The maximum atomic E-state index is 11.4. The Morgan fingerprint density at radius 3 is 3.06 bits per heavy atom. The van der Waals surface area contributed by atoms with E-state index in [2.05, 4.69) is 31.1 Å². The van der Waals surface area contributed by atoms with E-state index in [4.69, 9.17) is 4.74 Å². The highest BCUT2D eigenvalue weighted by molar-refractivity contribution is 9.10. The average molecular weight is 312 g/mol. The Labute approximate surface area is 111 Å². The molecular formula is C11H10BrN3O3. The number of aromatic amines is 1. The average Bonchev–Trinajstić information content (AvgIpc) is 2.82. The number of aromatic nitrogens is 3. The van der Waals surface area contributed by atoms with Gasteiger partial charge in [-0.15, -0.1) is 0 Å². The molecule has 0 aliphatic heterocycles. The van der Waals surface area contributed by atoms with Gasteiger partial charge in [0.05, 0.1) is 12.2 Å². The number of esters is 1. The summed E-state index contributed by atoms with van der Waals surface area (Å²) in [5, 5.41) is 16.1. The van der Waals surface area contributed by atoms with Crippen molar-refractivity contribution in [2.75, 3.05) is 6.61 Å². The van der Waals surface area contributed by atoms with Crippen LogP contribution in [0.1, 0.15) is 17.5 Å². The van der Waals surface area contributed by atoms with Crippen LogP contribution in [0, 0.1) is 0 Å². The number of hydrogen-bond acceptors (Lipinski definition) is 5. The van der Waals surface area contributed by atoms with Gasteiger partial charge in [-0.25, -0.2) is 9.78 Å². The Morgan fingerprint density at radius 2 is 2.33 bits per heavy atom. The van der Waals surface area contributed by atoms with Gasteiger partial charge >= 0.3 is 5.97 Å². The lowest BCUT2D eigenvalue weighted by molar-refractivity contribution is 0.0512. The number of benzene rings is 1. The zero-order valence-corrected chi connectivity index (χ0v) is 11.1. The summed E-state index contributed by atoms with van der Waals surface area (Å²) in [4.78, 5) is 15.4. The van der Waals surface area contributed by atoms with Crippen LogP contribution in [0.25, 0.3) is 11.4 Å². The molecule has 2 N–H and O–H groups in total. The summed E-state index contributed by atoms with van der Waals surface area (Å²) in [7, 11) is 0. The minimum Gasteiger partial charge on any atom is -0.507 e. The van der Waals surface area contributed by atoms with Crippen molar-refractivity contribution in [3.8, 4) is 17.1 Å². The van der Waals surface area contributed by atoms with Gasteiger partial charge in [-0.1, -0.05) is 15.9 Å². The molecular weight excluding hydrogens is 302 g/mol. The Balaban J connectivity index is 2.35. The standard InChI is InChI=1S/C11H10BrN3O3/c1-2-18-11(17)10-13-9(14-15-10)7-5-6(12)3-4-8(7)16/h3-5,16H,2H2,1H3,(H,13,14,15). The number of carbonyl (C=O) groups is 1. The number of carbonyl (C=O) groups excluding carboxylic acids is 1. The summed E-state index contributed by atoms with van der Waals surface area (Å²) in [6.07, 6.45) is 0. The fraction of sp³-hybridized carbons (Fsp3) is 0.182. The van der Waals surface area contributed by atoms with Gasteiger partial charge < -0.3 is 9.84 Å². The zero-order chi connectivity index (χ0) is 13.1. The van der Waals surface area contributed by atoms with Crippen LogP contribution in [-0.4, -0.2) is 32.9 Å². The van der Waals surface area contributed by atoms with Gasteiger partial charge in [0.15, 0.2) is 5.82 Å². The normalized spacial score (nSPS) is 10.3. The van der Waals surface area contributed by atoms with Crippen LogP contribution in [0.15, 0.2) is 22.7 Å². The number of ether oxygens (including phenoxy) is 1. The van der Waals surface area contributed by atoms with E-state index in [0.717, 1.165) is 4.47 Å². The van der Waals surface area contributed by atoms with E-state index < -0.39 is 5.97 Å². The van der Waals surface area contributed by atoms with E-state index in [-0.39, 0.29) is 24.0 Å². The molecule has 94 valence electrons. The summed E-state index contributed by atoms with van der Waals surface area (Å²) in [5.41, 5.74) is 0.427. The number of nitrogens with one attached hydrogen (secondary N) is 1. The molecule has 2 aromatic rings.